The molecule has 3 aromatic carbocycles. The van der Waals surface area contributed by atoms with E-state index in [4.69, 9.17) is 4.42 Å². The molecule has 3 fully saturated rings. The fraction of sp³-hybridized carbons (Fsp3) is 0.514. The fourth-order valence-corrected chi connectivity index (χ4v) is 13.6. The number of ketones is 3. The second kappa shape index (κ2) is 28.3. The molecule has 0 aliphatic carbocycles. The van der Waals surface area contributed by atoms with Crippen molar-refractivity contribution in [2.75, 3.05) is 93.2 Å². The molecular formula is C70H95N15O4S. The number of hydrogen-bond acceptors (Lipinski definition) is 16. The number of para-hydroxylation sites is 3. The summed E-state index contributed by atoms with van der Waals surface area (Å²) in [4.78, 5) is 71.1. The first-order valence-corrected chi connectivity index (χ1v) is 33.2. The molecule has 3 unspecified atom stereocenters. The van der Waals surface area contributed by atoms with Crippen molar-refractivity contribution < 1.29 is 18.8 Å². The lowest BCUT2D eigenvalue weighted by atomic mass is 9.95. The Morgan fingerprint density at radius 3 is 1.36 bits per heavy atom. The van der Waals surface area contributed by atoms with E-state index in [1.807, 2.05) is 30.3 Å². The van der Waals surface area contributed by atoms with E-state index in [9.17, 15) is 14.4 Å². The highest BCUT2D eigenvalue weighted by Crippen LogP contribution is 2.30. The summed E-state index contributed by atoms with van der Waals surface area (Å²) in [6.45, 7) is 37.8. The highest BCUT2D eigenvalue weighted by atomic mass is 32.1. The van der Waals surface area contributed by atoms with Crippen LogP contribution in [0.25, 0.3) is 32.7 Å². The largest absolute Gasteiger partial charge is 0.420 e. The Morgan fingerprint density at radius 1 is 0.511 bits per heavy atom. The minimum Gasteiger partial charge on any atom is -0.420 e. The first kappa shape index (κ1) is 65.4. The number of Topliss-reactive ketones (excluding diaryl/α,β-unsaturated/α-hetero) is 3. The first-order chi connectivity index (χ1) is 42.9. The van der Waals surface area contributed by atoms with Gasteiger partial charge in [0.05, 0.1) is 6.20 Å². The van der Waals surface area contributed by atoms with E-state index in [0.717, 1.165) is 119 Å². The molecule has 0 bridgehead atoms. The average Bonchev–Trinajstić information content (AvgIpc) is 3.02. The molecule has 0 saturated carbocycles. The zero-order valence-electron chi connectivity index (χ0n) is 55.2. The van der Waals surface area contributed by atoms with E-state index < -0.39 is 0 Å². The van der Waals surface area contributed by atoms with Crippen molar-refractivity contribution in [3.8, 4) is 0 Å². The Balaban J connectivity index is 0.000000148. The number of anilines is 3. The number of aromatic nitrogens is 9. The number of rotatable bonds is 18. The van der Waals surface area contributed by atoms with Gasteiger partial charge in [-0.25, -0.2) is 4.98 Å². The van der Waals surface area contributed by atoms with Gasteiger partial charge in [-0.1, -0.05) is 86.7 Å². The molecule has 3 aliphatic heterocycles. The summed E-state index contributed by atoms with van der Waals surface area (Å²) in [5, 5.41) is 20.8. The molecule has 4 N–H and O–H groups in total. The van der Waals surface area contributed by atoms with Crippen molar-refractivity contribution in [3.63, 3.8) is 0 Å². The number of nitrogens with one attached hydrogen (secondary N) is 4. The standard InChI is InChI=1S/C24H32N4O2.C23H32N6O.C23H31N5OS/c1-17(13-18-15-25-20-8-6-5-7-19(18)20)14-21(29)22-16-26-23(30-22)27-9-11-28(12-10-27)24(2,3)4;1-16(13-17-15-24-19-8-6-5-7-18(17)19)14-20(30)21-25-22(27-26-21)28-9-11-29(12-10-28)23(2,3)4;1-16(13-17-15-24-19-8-6-5-7-18(17)19)14-20(29)21-25-26-22(30-21)27-9-11-28(12-10-27)23(2,3)4/h5-8,15-17,25H,9-14H2,1-4H3;5-8,15-16,24H,9-14H2,1-4H3,(H,25,26,27);5-8,15-16,24H,9-14H2,1-4H3. The van der Waals surface area contributed by atoms with Crippen LogP contribution in [0.5, 0.6) is 0 Å². The van der Waals surface area contributed by atoms with Crippen molar-refractivity contribution >= 4 is 78.5 Å². The molecule has 9 aromatic rings. The number of piperazine rings is 3. The van der Waals surface area contributed by atoms with Gasteiger partial charge in [-0.15, -0.1) is 15.3 Å². The van der Waals surface area contributed by atoms with E-state index in [1.165, 1.54) is 44.2 Å². The zero-order valence-corrected chi connectivity index (χ0v) is 56.0. The summed E-state index contributed by atoms with van der Waals surface area (Å²) in [6, 6.07) is 25.4. The number of aromatic amines is 4. The number of carbonyl (C=O) groups excluding carboxylic acids is 3. The Hall–Kier alpha value is -7.52. The number of H-pyrrole nitrogens is 4. The van der Waals surface area contributed by atoms with E-state index in [1.54, 1.807) is 6.20 Å². The summed E-state index contributed by atoms with van der Waals surface area (Å²) in [7, 11) is 0. The molecule has 0 amide bonds. The predicted molar refractivity (Wildman–Crippen MR) is 364 cm³/mol. The number of nitrogens with zero attached hydrogens (tertiary/aromatic N) is 11. The minimum absolute atomic E-state index is 0.0226. The lowest BCUT2D eigenvalue weighted by Crippen LogP contribution is -2.53. The van der Waals surface area contributed by atoms with Crippen molar-refractivity contribution in [1.29, 1.82) is 0 Å². The van der Waals surface area contributed by atoms with Gasteiger partial charge in [-0.2, -0.15) is 4.98 Å². The number of benzene rings is 3. The molecule has 3 saturated heterocycles. The molecule has 12 rings (SSSR count). The van der Waals surface area contributed by atoms with E-state index in [2.05, 4.69) is 219 Å². The van der Waals surface area contributed by atoms with Gasteiger partial charge in [0.25, 0.3) is 6.01 Å². The monoisotopic (exact) mass is 1240 g/mol. The average molecular weight is 1240 g/mol. The summed E-state index contributed by atoms with van der Waals surface area (Å²) in [5.41, 5.74) is 7.72. The third-order valence-electron chi connectivity index (χ3n) is 18.0. The number of fused-ring (bicyclic) bond motifs is 3. The fourth-order valence-electron chi connectivity index (χ4n) is 12.7. The maximum atomic E-state index is 12.8. The van der Waals surface area contributed by atoms with Crippen molar-refractivity contribution in [3.05, 3.63) is 131 Å². The topological polar surface area (TPSA) is 211 Å². The van der Waals surface area contributed by atoms with E-state index in [0.29, 0.717) is 47.8 Å². The van der Waals surface area contributed by atoms with Crippen molar-refractivity contribution in [1.82, 2.24) is 60.0 Å². The van der Waals surface area contributed by atoms with Crippen molar-refractivity contribution in [2.45, 2.75) is 138 Å². The predicted octanol–water partition coefficient (Wildman–Crippen LogP) is 12.6. The third-order valence-corrected chi connectivity index (χ3v) is 19.0. The second-order valence-corrected chi connectivity index (χ2v) is 29.2. The minimum atomic E-state index is 0.0226. The summed E-state index contributed by atoms with van der Waals surface area (Å²) < 4.78 is 5.85. The van der Waals surface area contributed by atoms with Crippen LogP contribution in [0.1, 0.15) is 150 Å². The summed E-state index contributed by atoms with van der Waals surface area (Å²) in [5.74, 6) is 2.21. The second-order valence-electron chi connectivity index (χ2n) is 28.2. The van der Waals surface area contributed by atoms with Gasteiger partial charge in [0.2, 0.25) is 11.1 Å². The highest BCUT2D eigenvalue weighted by molar-refractivity contribution is 7.17. The lowest BCUT2D eigenvalue weighted by molar-refractivity contribution is 0.0933. The van der Waals surface area contributed by atoms with Gasteiger partial charge < -0.3 is 34.1 Å². The molecule has 0 spiro atoms. The molecule has 9 heterocycles. The maximum absolute atomic E-state index is 12.8. The quantitative estimate of drug-likeness (QED) is 0.0589. The van der Waals surface area contributed by atoms with Crippen LogP contribution >= 0.6 is 11.3 Å². The highest BCUT2D eigenvalue weighted by Gasteiger charge is 2.32. The molecule has 480 valence electrons. The van der Waals surface area contributed by atoms with E-state index >= 15 is 0 Å². The van der Waals surface area contributed by atoms with E-state index in [-0.39, 0.29) is 51.7 Å². The molecule has 19 nitrogen and oxygen atoms in total. The Bertz CT molecular complexity index is 3410. The van der Waals surface area contributed by atoms with Gasteiger partial charge in [0.15, 0.2) is 33.9 Å². The van der Waals surface area contributed by atoms with Crippen LogP contribution in [-0.4, -0.2) is 173 Å². The summed E-state index contributed by atoms with van der Waals surface area (Å²) in [6.07, 6.45) is 11.7. The molecule has 90 heavy (non-hydrogen) atoms. The molecule has 0 radical (unpaired) electrons. The Morgan fingerprint density at radius 2 is 0.911 bits per heavy atom. The van der Waals surface area contributed by atoms with Crippen LogP contribution in [0.2, 0.25) is 0 Å². The van der Waals surface area contributed by atoms with Crippen LogP contribution in [0.4, 0.5) is 17.1 Å². The van der Waals surface area contributed by atoms with Crippen molar-refractivity contribution in [2.24, 2.45) is 17.8 Å². The number of oxazole rings is 1. The van der Waals surface area contributed by atoms with Gasteiger partial charge >= 0.3 is 0 Å². The van der Waals surface area contributed by atoms with Gasteiger partial charge in [-0.05, 0) is 134 Å². The maximum Gasteiger partial charge on any atom is 0.297 e. The third kappa shape index (κ3) is 16.5. The molecular weight excluding hydrogens is 1150 g/mol. The van der Waals surface area contributed by atoms with Gasteiger partial charge in [0, 0.05) is 166 Å². The van der Waals surface area contributed by atoms with Crippen LogP contribution < -0.4 is 14.7 Å². The zero-order chi connectivity index (χ0) is 63.9. The van der Waals surface area contributed by atoms with Gasteiger partial charge in [-0.3, -0.25) is 34.2 Å². The molecule has 20 heteroatoms. The first-order valence-electron chi connectivity index (χ1n) is 32.4. The lowest BCUT2D eigenvalue weighted by Gasteiger charge is -2.42. The van der Waals surface area contributed by atoms with Crippen LogP contribution in [0.3, 0.4) is 0 Å². The SMILES string of the molecule is CC(CC(=O)c1cnc(N2CCN(C(C)(C)C)CC2)o1)Cc1c[nH]c2ccccc12.CC(CC(=O)c1nc(N2CCN(C(C)(C)C)CC2)n[nH]1)Cc1c[nH]c2ccccc12.CC(CC(=O)c1nnc(N2CCN(C(C)(C)C)CC2)s1)Cc1c[nH]c2ccccc12. The smallest absolute Gasteiger partial charge is 0.297 e. The molecule has 3 aliphatic rings. The number of hydrogen-bond donors (Lipinski definition) is 4. The normalized spacial score (nSPS) is 16.9. The van der Waals surface area contributed by atoms with Gasteiger partial charge in [0.1, 0.15) is 0 Å². The van der Waals surface area contributed by atoms with Crippen LogP contribution in [-0.2, 0) is 19.3 Å². The van der Waals surface area contributed by atoms with Crippen LogP contribution in [0, 0.1) is 17.8 Å². The molecule has 3 atom stereocenters. The van der Waals surface area contributed by atoms with Crippen LogP contribution in [0.15, 0.2) is 102 Å². The Labute approximate surface area is 534 Å². The Kier molecular flexibility index (Phi) is 20.6. The molecule has 6 aromatic heterocycles. The number of carbonyl (C=O) groups is 3. The summed E-state index contributed by atoms with van der Waals surface area (Å²) >= 11 is 1.44.